The van der Waals surface area contributed by atoms with Crippen LogP contribution in [-0.4, -0.2) is 13.0 Å². The van der Waals surface area contributed by atoms with Crippen molar-refractivity contribution in [2.24, 2.45) is 0 Å². The second kappa shape index (κ2) is 6.18. The van der Waals surface area contributed by atoms with Gasteiger partial charge in [0, 0.05) is 10.0 Å². The van der Waals surface area contributed by atoms with Crippen molar-refractivity contribution < 1.29 is 9.53 Å². The molecule has 0 fully saturated rings. The van der Waals surface area contributed by atoms with Crippen LogP contribution in [0.25, 0.3) is 0 Å². The first-order chi connectivity index (χ1) is 9.92. The van der Waals surface area contributed by atoms with Crippen LogP contribution in [0, 0.1) is 13.8 Å². The Morgan fingerprint density at radius 2 is 1.90 bits per heavy atom. The summed E-state index contributed by atoms with van der Waals surface area (Å²) in [5.74, 6) is 0.466. The Labute approximate surface area is 132 Å². The molecule has 21 heavy (non-hydrogen) atoms. The summed E-state index contributed by atoms with van der Waals surface area (Å²) in [6, 6.07) is 9.00. The SMILES string of the molecule is COc1cc(C(=O)Nc2c(C)cc(Br)cc2N)ccc1C. The van der Waals surface area contributed by atoms with Gasteiger partial charge in [-0.25, -0.2) is 0 Å². The maximum atomic E-state index is 12.3. The monoisotopic (exact) mass is 348 g/mol. The number of aryl methyl sites for hydroxylation is 2. The number of rotatable bonds is 3. The molecule has 0 heterocycles. The van der Waals surface area contributed by atoms with Gasteiger partial charge in [0.05, 0.1) is 18.5 Å². The number of halogens is 1. The number of carbonyl (C=O) groups excluding carboxylic acids is 1. The van der Waals surface area contributed by atoms with Gasteiger partial charge in [0.25, 0.3) is 5.91 Å². The summed E-state index contributed by atoms with van der Waals surface area (Å²) in [5, 5.41) is 2.85. The molecule has 1 amide bonds. The van der Waals surface area contributed by atoms with Crippen molar-refractivity contribution in [3.8, 4) is 5.75 Å². The van der Waals surface area contributed by atoms with Crippen molar-refractivity contribution in [2.45, 2.75) is 13.8 Å². The summed E-state index contributed by atoms with van der Waals surface area (Å²) < 4.78 is 6.12. The minimum Gasteiger partial charge on any atom is -0.496 e. The van der Waals surface area contributed by atoms with E-state index in [1.807, 2.05) is 26.0 Å². The van der Waals surface area contributed by atoms with Crippen molar-refractivity contribution >= 4 is 33.2 Å². The van der Waals surface area contributed by atoms with E-state index in [-0.39, 0.29) is 5.91 Å². The van der Waals surface area contributed by atoms with Crippen LogP contribution in [0.15, 0.2) is 34.8 Å². The molecule has 2 rings (SSSR count). The molecule has 3 N–H and O–H groups in total. The topological polar surface area (TPSA) is 64.3 Å². The third kappa shape index (κ3) is 3.36. The number of nitrogens with two attached hydrogens (primary N) is 1. The molecule has 0 saturated carbocycles. The summed E-state index contributed by atoms with van der Waals surface area (Å²) >= 11 is 3.38. The lowest BCUT2D eigenvalue weighted by Crippen LogP contribution is -2.14. The number of benzene rings is 2. The Bertz CT molecular complexity index is 676. The molecule has 0 unspecified atom stereocenters. The van der Waals surface area contributed by atoms with Crippen LogP contribution in [0.5, 0.6) is 5.75 Å². The van der Waals surface area contributed by atoms with Crippen molar-refractivity contribution in [3.05, 3.63) is 51.5 Å². The highest BCUT2D eigenvalue weighted by Gasteiger charge is 2.12. The molecule has 2 aromatic carbocycles. The van der Waals surface area contributed by atoms with E-state index in [0.717, 1.165) is 15.6 Å². The molecule has 0 aliphatic heterocycles. The molecule has 0 aliphatic rings. The molecule has 0 aliphatic carbocycles. The van der Waals surface area contributed by atoms with Crippen molar-refractivity contribution in [1.29, 1.82) is 0 Å². The fourth-order valence-electron chi connectivity index (χ4n) is 2.09. The average Bonchev–Trinajstić information content (AvgIpc) is 2.43. The Hall–Kier alpha value is -2.01. The molecule has 0 atom stereocenters. The largest absolute Gasteiger partial charge is 0.496 e. The van der Waals surface area contributed by atoms with Gasteiger partial charge in [0.15, 0.2) is 0 Å². The Morgan fingerprint density at radius 3 is 2.52 bits per heavy atom. The number of ether oxygens (including phenoxy) is 1. The number of hydrogen-bond donors (Lipinski definition) is 2. The zero-order chi connectivity index (χ0) is 15.6. The second-order valence-electron chi connectivity index (χ2n) is 4.83. The summed E-state index contributed by atoms with van der Waals surface area (Å²) in [4.78, 5) is 12.3. The van der Waals surface area contributed by atoms with Gasteiger partial charge in [-0.1, -0.05) is 22.0 Å². The van der Waals surface area contributed by atoms with Crippen LogP contribution in [0.1, 0.15) is 21.5 Å². The Morgan fingerprint density at radius 1 is 1.19 bits per heavy atom. The van der Waals surface area contributed by atoms with Gasteiger partial charge in [-0.2, -0.15) is 0 Å². The van der Waals surface area contributed by atoms with Gasteiger partial charge < -0.3 is 15.8 Å². The fraction of sp³-hybridized carbons (Fsp3) is 0.188. The summed E-state index contributed by atoms with van der Waals surface area (Å²) in [6.07, 6.45) is 0. The van der Waals surface area contributed by atoms with Crippen molar-refractivity contribution in [2.75, 3.05) is 18.2 Å². The summed E-state index contributed by atoms with van der Waals surface area (Å²) in [7, 11) is 1.58. The molecular weight excluding hydrogens is 332 g/mol. The van der Waals surface area contributed by atoms with Gasteiger partial charge in [-0.3, -0.25) is 4.79 Å². The molecule has 0 aromatic heterocycles. The predicted octanol–water partition coefficient (Wildman–Crippen LogP) is 3.91. The maximum absolute atomic E-state index is 12.3. The number of nitrogen functional groups attached to an aromatic ring is 1. The van der Waals surface area contributed by atoms with Gasteiger partial charge in [-0.15, -0.1) is 0 Å². The fourth-order valence-corrected chi connectivity index (χ4v) is 2.68. The summed E-state index contributed by atoms with van der Waals surface area (Å²) in [5.41, 5.74) is 9.51. The Kier molecular flexibility index (Phi) is 4.53. The molecule has 2 aromatic rings. The van der Waals surface area contributed by atoms with Gasteiger partial charge in [-0.05, 0) is 49.2 Å². The number of anilines is 2. The third-order valence-corrected chi connectivity index (χ3v) is 3.70. The number of hydrogen-bond acceptors (Lipinski definition) is 3. The molecule has 0 saturated heterocycles. The zero-order valence-corrected chi connectivity index (χ0v) is 13.7. The first-order valence-corrected chi connectivity index (χ1v) is 7.23. The van der Waals surface area contributed by atoms with Crippen molar-refractivity contribution in [3.63, 3.8) is 0 Å². The second-order valence-corrected chi connectivity index (χ2v) is 5.74. The molecule has 5 heteroatoms. The van der Waals surface area contributed by atoms with E-state index in [2.05, 4.69) is 21.2 Å². The van der Waals surface area contributed by atoms with Gasteiger partial charge in [0.2, 0.25) is 0 Å². The van der Waals surface area contributed by atoms with Crippen LogP contribution < -0.4 is 15.8 Å². The number of methoxy groups -OCH3 is 1. The normalized spacial score (nSPS) is 10.3. The molecular formula is C16H17BrN2O2. The Balaban J connectivity index is 2.30. The molecule has 0 bridgehead atoms. The van der Waals surface area contributed by atoms with E-state index in [4.69, 9.17) is 10.5 Å². The smallest absolute Gasteiger partial charge is 0.255 e. The maximum Gasteiger partial charge on any atom is 0.255 e. The first kappa shape index (κ1) is 15.4. The lowest BCUT2D eigenvalue weighted by atomic mass is 10.1. The van der Waals surface area contributed by atoms with E-state index in [0.29, 0.717) is 22.7 Å². The zero-order valence-electron chi connectivity index (χ0n) is 12.2. The highest BCUT2D eigenvalue weighted by Crippen LogP contribution is 2.28. The highest BCUT2D eigenvalue weighted by atomic mass is 79.9. The molecule has 0 spiro atoms. The van der Waals surface area contributed by atoms with Gasteiger partial charge in [0.1, 0.15) is 5.75 Å². The summed E-state index contributed by atoms with van der Waals surface area (Å²) in [6.45, 7) is 3.82. The van der Waals surface area contributed by atoms with Crippen LogP contribution in [0.3, 0.4) is 0 Å². The minimum atomic E-state index is -0.217. The van der Waals surface area contributed by atoms with Crippen LogP contribution >= 0.6 is 15.9 Å². The van der Waals surface area contributed by atoms with E-state index >= 15 is 0 Å². The first-order valence-electron chi connectivity index (χ1n) is 6.44. The third-order valence-electron chi connectivity index (χ3n) is 3.24. The van der Waals surface area contributed by atoms with Crippen LogP contribution in [0.4, 0.5) is 11.4 Å². The minimum absolute atomic E-state index is 0.217. The van der Waals surface area contributed by atoms with E-state index in [9.17, 15) is 4.79 Å². The number of amides is 1. The lowest BCUT2D eigenvalue weighted by molar-refractivity contribution is 0.102. The van der Waals surface area contributed by atoms with Crippen molar-refractivity contribution in [1.82, 2.24) is 0 Å². The van der Waals surface area contributed by atoms with Gasteiger partial charge >= 0.3 is 0 Å². The molecule has 110 valence electrons. The highest BCUT2D eigenvalue weighted by molar-refractivity contribution is 9.10. The van der Waals surface area contributed by atoms with E-state index in [1.54, 1.807) is 25.3 Å². The van der Waals surface area contributed by atoms with E-state index < -0.39 is 0 Å². The number of nitrogens with one attached hydrogen (secondary N) is 1. The lowest BCUT2D eigenvalue weighted by Gasteiger charge is -2.13. The molecule has 0 radical (unpaired) electrons. The van der Waals surface area contributed by atoms with Crippen LogP contribution in [-0.2, 0) is 0 Å². The van der Waals surface area contributed by atoms with Crippen LogP contribution in [0.2, 0.25) is 0 Å². The van der Waals surface area contributed by atoms with E-state index in [1.165, 1.54) is 0 Å². The average molecular weight is 349 g/mol. The quantitative estimate of drug-likeness (QED) is 0.826. The standard InChI is InChI=1S/C16H17BrN2O2/c1-9-4-5-11(7-14(9)21-3)16(20)19-15-10(2)6-12(17)8-13(15)18/h4-8H,18H2,1-3H3,(H,19,20). The predicted molar refractivity (Wildman–Crippen MR) is 89.0 cm³/mol. The molecule has 4 nitrogen and oxygen atoms in total. The number of carbonyl (C=O) groups is 1.